The van der Waals surface area contributed by atoms with Crippen LogP contribution in [0.25, 0.3) is 0 Å². The Morgan fingerprint density at radius 3 is 1.45 bits per heavy atom. The smallest absolute Gasteiger partial charge is 0.306 e. The standard InChI is InChI=1S/C50H87NO5/c1-4-7-10-13-16-19-21-23-24-25-26-27-29-31-34-37-40-43-50(55)56-46(41-38-35-32-18-15-12-9-6-3)44-49(54)51-47(45-52)48(53)42-39-36-33-30-28-22-20-17-14-11-8-5-2/h7,10,13,16,19,21,23-27,29,46-48,52-53H,4-6,8-9,11-12,14-15,17-18,20,22,28,30-45H2,1-3H3,(H,51,54)/b10-7-,16-13+,21-19+,24-23-,26-25+,29-27+. The van der Waals surface area contributed by atoms with Gasteiger partial charge in [-0.2, -0.15) is 0 Å². The zero-order valence-corrected chi connectivity index (χ0v) is 36.5. The number of amides is 1. The number of aliphatic hydroxyl groups is 2. The first-order valence-corrected chi connectivity index (χ1v) is 23.2. The van der Waals surface area contributed by atoms with Gasteiger partial charge in [0.05, 0.1) is 25.2 Å². The zero-order chi connectivity index (χ0) is 41.0. The van der Waals surface area contributed by atoms with Gasteiger partial charge >= 0.3 is 5.97 Å². The summed E-state index contributed by atoms with van der Waals surface area (Å²) in [6.07, 6.45) is 53.9. The number of hydrogen-bond acceptors (Lipinski definition) is 5. The summed E-state index contributed by atoms with van der Waals surface area (Å²) in [7, 11) is 0. The first kappa shape index (κ1) is 53.3. The molecule has 3 atom stereocenters. The van der Waals surface area contributed by atoms with Gasteiger partial charge in [-0.25, -0.2) is 0 Å². The minimum absolute atomic E-state index is 0.0571. The van der Waals surface area contributed by atoms with Gasteiger partial charge in [-0.05, 0) is 44.9 Å². The lowest BCUT2D eigenvalue weighted by molar-refractivity contribution is -0.151. The van der Waals surface area contributed by atoms with Crippen LogP contribution in [0.3, 0.4) is 0 Å². The Morgan fingerprint density at radius 1 is 0.536 bits per heavy atom. The molecule has 0 heterocycles. The number of allylic oxidation sites excluding steroid dienone is 12. The van der Waals surface area contributed by atoms with E-state index in [-0.39, 0.29) is 24.9 Å². The lowest BCUT2D eigenvalue weighted by atomic mass is 10.0. The lowest BCUT2D eigenvalue weighted by Gasteiger charge is -2.24. The van der Waals surface area contributed by atoms with Gasteiger partial charge in [-0.1, -0.05) is 222 Å². The van der Waals surface area contributed by atoms with Crippen LogP contribution < -0.4 is 5.32 Å². The normalized spacial score (nSPS) is 14.0. The van der Waals surface area contributed by atoms with Crippen molar-refractivity contribution < 1.29 is 24.5 Å². The van der Waals surface area contributed by atoms with E-state index in [0.29, 0.717) is 19.3 Å². The van der Waals surface area contributed by atoms with Crippen LogP contribution in [0.2, 0.25) is 0 Å². The van der Waals surface area contributed by atoms with Gasteiger partial charge in [-0.15, -0.1) is 0 Å². The average molecular weight is 782 g/mol. The van der Waals surface area contributed by atoms with Crippen LogP contribution in [0.4, 0.5) is 0 Å². The van der Waals surface area contributed by atoms with Crippen molar-refractivity contribution in [1.82, 2.24) is 5.32 Å². The molecular formula is C50H87NO5. The molecule has 0 radical (unpaired) electrons. The number of rotatable bonds is 40. The molecule has 0 aromatic heterocycles. The summed E-state index contributed by atoms with van der Waals surface area (Å²) in [6.45, 7) is 6.29. The molecule has 6 heteroatoms. The molecule has 3 N–H and O–H groups in total. The fraction of sp³-hybridized carbons (Fsp3) is 0.720. The second kappa shape index (κ2) is 43.4. The predicted octanol–water partition coefficient (Wildman–Crippen LogP) is 13.4. The Hall–Kier alpha value is -2.70. The number of unbranched alkanes of at least 4 members (excludes halogenated alkanes) is 21. The van der Waals surface area contributed by atoms with Gasteiger partial charge in [0.25, 0.3) is 0 Å². The number of ether oxygens (including phenoxy) is 1. The second-order valence-electron chi connectivity index (χ2n) is 15.6. The Kier molecular flexibility index (Phi) is 41.3. The van der Waals surface area contributed by atoms with Gasteiger partial charge in [0.1, 0.15) is 6.10 Å². The minimum Gasteiger partial charge on any atom is -0.462 e. The molecule has 0 saturated heterocycles. The van der Waals surface area contributed by atoms with E-state index in [1.54, 1.807) is 0 Å². The molecule has 56 heavy (non-hydrogen) atoms. The third kappa shape index (κ3) is 38.2. The molecule has 0 bridgehead atoms. The molecule has 1 amide bonds. The third-order valence-corrected chi connectivity index (χ3v) is 10.2. The summed E-state index contributed by atoms with van der Waals surface area (Å²) in [5.41, 5.74) is 0. The molecular weight excluding hydrogens is 695 g/mol. The number of nitrogens with one attached hydrogen (secondary N) is 1. The maximum absolute atomic E-state index is 13.1. The summed E-state index contributed by atoms with van der Waals surface area (Å²) < 4.78 is 5.87. The first-order valence-electron chi connectivity index (χ1n) is 23.2. The van der Waals surface area contributed by atoms with Crippen LogP contribution in [0, 0.1) is 0 Å². The fourth-order valence-corrected chi connectivity index (χ4v) is 6.70. The number of esters is 1. The second-order valence-corrected chi connectivity index (χ2v) is 15.6. The van der Waals surface area contributed by atoms with E-state index in [1.807, 2.05) is 54.7 Å². The molecule has 0 fully saturated rings. The van der Waals surface area contributed by atoms with Gasteiger partial charge in [-0.3, -0.25) is 9.59 Å². The van der Waals surface area contributed by atoms with E-state index >= 15 is 0 Å². The Morgan fingerprint density at radius 2 is 0.964 bits per heavy atom. The highest BCUT2D eigenvalue weighted by molar-refractivity contribution is 5.77. The van der Waals surface area contributed by atoms with Crippen molar-refractivity contribution in [3.8, 4) is 0 Å². The van der Waals surface area contributed by atoms with Gasteiger partial charge in [0, 0.05) is 6.42 Å². The minimum atomic E-state index is -0.795. The van der Waals surface area contributed by atoms with Gasteiger partial charge in [0.2, 0.25) is 5.91 Å². The molecule has 0 aliphatic heterocycles. The van der Waals surface area contributed by atoms with Gasteiger partial charge < -0.3 is 20.3 Å². The van der Waals surface area contributed by atoms with E-state index < -0.39 is 18.2 Å². The highest BCUT2D eigenvalue weighted by Gasteiger charge is 2.24. The van der Waals surface area contributed by atoms with Crippen LogP contribution in [-0.2, 0) is 14.3 Å². The van der Waals surface area contributed by atoms with Crippen LogP contribution in [0.15, 0.2) is 72.9 Å². The van der Waals surface area contributed by atoms with Crippen molar-refractivity contribution in [2.24, 2.45) is 0 Å². The first-order chi connectivity index (χ1) is 27.5. The van der Waals surface area contributed by atoms with Crippen molar-refractivity contribution in [3.63, 3.8) is 0 Å². The van der Waals surface area contributed by atoms with Crippen LogP contribution >= 0.6 is 0 Å². The fourth-order valence-electron chi connectivity index (χ4n) is 6.70. The molecule has 0 aliphatic rings. The topological polar surface area (TPSA) is 95.9 Å². The number of aliphatic hydroxyl groups excluding tert-OH is 2. The van der Waals surface area contributed by atoms with Gasteiger partial charge in [0.15, 0.2) is 0 Å². The summed E-state index contributed by atoms with van der Waals surface area (Å²) >= 11 is 0. The molecule has 6 nitrogen and oxygen atoms in total. The van der Waals surface area contributed by atoms with Crippen LogP contribution in [0.5, 0.6) is 0 Å². The maximum atomic E-state index is 13.1. The lowest BCUT2D eigenvalue weighted by Crippen LogP contribution is -2.46. The highest BCUT2D eigenvalue weighted by atomic mass is 16.5. The quantitative estimate of drug-likeness (QED) is 0.0327. The summed E-state index contributed by atoms with van der Waals surface area (Å²) in [5, 5.41) is 23.6. The molecule has 0 rings (SSSR count). The zero-order valence-electron chi connectivity index (χ0n) is 36.5. The van der Waals surface area contributed by atoms with E-state index in [4.69, 9.17) is 4.74 Å². The van der Waals surface area contributed by atoms with E-state index in [1.165, 1.54) is 89.9 Å². The van der Waals surface area contributed by atoms with Crippen molar-refractivity contribution >= 4 is 11.9 Å². The molecule has 0 aromatic carbocycles. The summed E-state index contributed by atoms with van der Waals surface area (Å²) in [6, 6.07) is -0.710. The Bertz CT molecular complexity index is 1060. The number of carbonyl (C=O) groups is 2. The Balaban J connectivity index is 4.58. The van der Waals surface area contributed by atoms with E-state index in [2.05, 4.69) is 44.3 Å². The number of hydrogen-bond donors (Lipinski definition) is 3. The van der Waals surface area contributed by atoms with Crippen molar-refractivity contribution in [3.05, 3.63) is 72.9 Å². The highest BCUT2D eigenvalue weighted by Crippen LogP contribution is 2.17. The largest absolute Gasteiger partial charge is 0.462 e. The van der Waals surface area contributed by atoms with Crippen molar-refractivity contribution in [1.29, 1.82) is 0 Å². The van der Waals surface area contributed by atoms with Crippen LogP contribution in [0.1, 0.15) is 207 Å². The predicted molar refractivity (Wildman–Crippen MR) is 241 cm³/mol. The van der Waals surface area contributed by atoms with Crippen molar-refractivity contribution in [2.75, 3.05) is 6.61 Å². The van der Waals surface area contributed by atoms with Crippen molar-refractivity contribution in [2.45, 2.75) is 225 Å². The van der Waals surface area contributed by atoms with Crippen LogP contribution in [-0.4, -0.2) is 46.9 Å². The molecule has 0 aromatic rings. The van der Waals surface area contributed by atoms with E-state index in [0.717, 1.165) is 70.6 Å². The average Bonchev–Trinajstić information content (AvgIpc) is 3.19. The molecule has 0 spiro atoms. The SMILES string of the molecule is CC\C=C/C=C/C=C/C=C\C=C\C=C\CCCCCC(=O)OC(CCCCCCCCCC)CC(=O)NC(CO)C(O)CCCCCCCCCCCCCC. The summed E-state index contributed by atoms with van der Waals surface area (Å²) in [5.74, 6) is -0.532. The van der Waals surface area contributed by atoms with E-state index in [9.17, 15) is 19.8 Å². The third-order valence-electron chi connectivity index (χ3n) is 10.2. The molecule has 0 aliphatic carbocycles. The maximum Gasteiger partial charge on any atom is 0.306 e. The molecule has 3 unspecified atom stereocenters. The monoisotopic (exact) mass is 782 g/mol. The number of carbonyl (C=O) groups excluding carboxylic acids is 2. The molecule has 0 saturated carbocycles. The Labute approximate surface area is 345 Å². The molecule has 322 valence electrons. The summed E-state index contributed by atoms with van der Waals surface area (Å²) in [4.78, 5) is 25.9.